The van der Waals surface area contributed by atoms with Crippen LogP contribution in [-0.4, -0.2) is 25.2 Å². The summed E-state index contributed by atoms with van der Waals surface area (Å²) in [5.41, 5.74) is 0. The minimum atomic E-state index is -3.51. The lowest BCUT2D eigenvalue weighted by atomic mass is 10.5. The number of aliphatic carboxylic acids is 1. The van der Waals surface area contributed by atoms with E-state index < -0.39 is 21.7 Å². The molecular weight excluding hydrogens is 318 g/mol. The average Bonchev–Trinajstić information content (AvgIpc) is 2.59. The largest absolute Gasteiger partial charge is 0.481 e. The second kappa shape index (κ2) is 5.76. The first-order valence-electron chi connectivity index (χ1n) is 4.31. The summed E-state index contributed by atoms with van der Waals surface area (Å²) in [6.45, 7) is 0.193. The van der Waals surface area contributed by atoms with E-state index in [2.05, 4.69) is 20.7 Å². The van der Waals surface area contributed by atoms with Gasteiger partial charge in [0.2, 0.25) is 10.0 Å². The van der Waals surface area contributed by atoms with Crippen molar-refractivity contribution < 1.29 is 18.3 Å². The van der Waals surface area contributed by atoms with Gasteiger partial charge in [-0.25, -0.2) is 13.1 Å². The molecule has 8 heteroatoms. The number of nitrogens with one attached hydrogen (secondary N) is 1. The summed E-state index contributed by atoms with van der Waals surface area (Å²) < 4.78 is 25.9. The predicted molar refractivity (Wildman–Crippen MR) is 64.9 cm³/mol. The van der Waals surface area contributed by atoms with E-state index in [1.165, 1.54) is 11.3 Å². The Hall–Kier alpha value is -0.440. The van der Waals surface area contributed by atoms with Gasteiger partial charge in [0.25, 0.3) is 0 Å². The first-order valence-corrected chi connectivity index (χ1v) is 7.63. The maximum atomic E-state index is 11.3. The minimum Gasteiger partial charge on any atom is -0.481 e. The molecule has 0 fully saturated rings. The fourth-order valence-corrected chi connectivity index (χ4v) is 3.37. The van der Waals surface area contributed by atoms with Crippen LogP contribution in [0.2, 0.25) is 0 Å². The summed E-state index contributed by atoms with van der Waals surface area (Å²) in [4.78, 5) is 11.1. The van der Waals surface area contributed by atoms with Crippen LogP contribution in [0.4, 0.5) is 0 Å². The lowest BCUT2D eigenvalue weighted by Gasteiger charge is -2.03. The van der Waals surface area contributed by atoms with Crippen LogP contribution in [0.5, 0.6) is 0 Å². The number of carbonyl (C=O) groups is 1. The lowest BCUT2D eigenvalue weighted by molar-refractivity contribution is -0.136. The minimum absolute atomic E-state index is 0.193. The molecular formula is C8H10BrNO4S2. The third-order valence-corrected chi connectivity index (χ3v) is 4.70. The van der Waals surface area contributed by atoms with Crippen LogP contribution in [0, 0.1) is 0 Å². The summed E-state index contributed by atoms with van der Waals surface area (Å²) in [6, 6.07) is 1.81. The smallest absolute Gasteiger partial charge is 0.304 e. The van der Waals surface area contributed by atoms with Gasteiger partial charge in [-0.05, 0) is 22.0 Å². The Kier molecular flexibility index (Phi) is 4.90. The van der Waals surface area contributed by atoms with Crippen molar-refractivity contribution >= 4 is 43.3 Å². The number of hydrogen-bond donors (Lipinski definition) is 2. The van der Waals surface area contributed by atoms with E-state index in [0.717, 1.165) is 9.35 Å². The van der Waals surface area contributed by atoms with Crippen LogP contribution in [-0.2, 0) is 21.4 Å². The standard InChI is InChI=1S/C8H10BrNO4S2/c9-6-3-7(15-5-6)4-10-16(13,14)2-1-8(11)12/h3,5,10H,1-2,4H2,(H,11,12). The molecule has 0 aliphatic carbocycles. The first-order chi connectivity index (χ1) is 7.39. The summed E-state index contributed by atoms with van der Waals surface area (Å²) in [5.74, 6) is -1.52. The monoisotopic (exact) mass is 327 g/mol. The Morgan fingerprint density at radius 1 is 1.56 bits per heavy atom. The molecule has 0 bridgehead atoms. The SMILES string of the molecule is O=C(O)CCS(=O)(=O)NCc1cc(Br)cs1. The zero-order valence-corrected chi connectivity index (χ0v) is 11.4. The van der Waals surface area contributed by atoms with E-state index >= 15 is 0 Å². The van der Waals surface area contributed by atoms with Gasteiger partial charge >= 0.3 is 5.97 Å². The molecule has 0 atom stereocenters. The van der Waals surface area contributed by atoms with Crippen molar-refractivity contribution in [2.75, 3.05) is 5.75 Å². The van der Waals surface area contributed by atoms with Gasteiger partial charge in [0.15, 0.2) is 0 Å². The van der Waals surface area contributed by atoms with Gasteiger partial charge in [-0.2, -0.15) is 0 Å². The Morgan fingerprint density at radius 2 is 2.25 bits per heavy atom. The maximum Gasteiger partial charge on any atom is 0.304 e. The second-order valence-electron chi connectivity index (χ2n) is 3.01. The van der Waals surface area contributed by atoms with Crippen LogP contribution in [0.3, 0.4) is 0 Å². The van der Waals surface area contributed by atoms with Crippen molar-refractivity contribution in [3.05, 3.63) is 20.8 Å². The highest BCUT2D eigenvalue weighted by molar-refractivity contribution is 9.10. The Morgan fingerprint density at radius 3 is 2.75 bits per heavy atom. The van der Waals surface area contributed by atoms with Crippen LogP contribution in [0.1, 0.15) is 11.3 Å². The molecule has 0 radical (unpaired) electrons. The van der Waals surface area contributed by atoms with Crippen LogP contribution in [0.25, 0.3) is 0 Å². The molecule has 5 nitrogen and oxygen atoms in total. The van der Waals surface area contributed by atoms with E-state index in [9.17, 15) is 13.2 Å². The molecule has 2 N–H and O–H groups in total. The molecule has 0 aromatic carbocycles. The molecule has 1 aromatic rings. The third-order valence-electron chi connectivity index (χ3n) is 1.67. The van der Waals surface area contributed by atoms with Crippen molar-refractivity contribution in [3.63, 3.8) is 0 Å². The fraction of sp³-hybridized carbons (Fsp3) is 0.375. The van der Waals surface area contributed by atoms with E-state index in [1.54, 1.807) is 0 Å². The average molecular weight is 328 g/mol. The second-order valence-corrected chi connectivity index (χ2v) is 6.85. The quantitative estimate of drug-likeness (QED) is 0.827. The molecule has 0 saturated carbocycles. The van der Waals surface area contributed by atoms with E-state index in [4.69, 9.17) is 5.11 Å². The number of carboxylic acid groups (broad SMARTS) is 1. The van der Waals surface area contributed by atoms with Gasteiger partial charge < -0.3 is 5.11 Å². The summed E-state index contributed by atoms with van der Waals surface area (Å²) in [6.07, 6.45) is -0.385. The summed E-state index contributed by atoms with van der Waals surface area (Å²) in [7, 11) is -3.51. The fourth-order valence-electron chi connectivity index (χ4n) is 0.921. The van der Waals surface area contributed by atoms with Crippen molar-refractivity contribution in [2.24, 2.45) is 0 Å². The van der Waals surface area contributed by atoms with Gasteiger partial charge in [-0.3, -0.25) is 4.79 Å². The van der Waals surface area contributed by atoms with Crippen LogP contribution in [0.15, 0.2) is 15.9 Å². The number of hydrogen-bond acceptors (Lipinski definition) is 4. The van der Waals surface area contributed by atoms with Gasteiger partial charge in [0.1, 0.15) is 0 Å². The van der Waals surface area contributed by atoms with Gasteiger partial charge in [-0.15, -0.1) is 11.3 Å². The highest BCUT2D eigenvalue weighted by Crippen LogP contribution is 2.19. The third kappa shape index (κ3) is 5.06. The maximum absolute atomic E-state index is 11.3. The molecule has 0 unspecified atom stereocenters. The first kappa shape index (κ1) is 13.6. The Balaban J connectivity index is 2.45. The molecule has 0 spiro atoms. The van der Waals surface area contributed by atoms with E-state index in [1.807, 2.05) is 11.4 Å². The van der Waals surface area contributed by atoms with Crippen molar-refractivity contribution in [1.29, 1.82) is 0 Å². The molecule has 16 heavy (non-hydrogen) atoms. The predicted octanol–water partition coefficient (Wildman–Crippen LogP) is 1.40. The van der Waals surface area contributed by atoms with E-state index in [0.29, 0.717) is 0 Å². The topological polar surface area (TPSA) is 83.5 Å². The van der Waals surface area contributed by atoms with Crippen LogP contribution < -0.4 is 4.72 Å². The molecule has 1 heterocycles. The molecule has 1 aromatic heterocycles. The van der Waals surface area contributed by atoms with Crippen molar-refractivity contribution in [3.8, 4) is 0 Å². The lowest BCUT2D eigenvalue weighted by Crippen LogP contribution is -2.26. The Labute approximate surface area is 106 Å². The zero-order valence-electron chi connectivity index (χ0n) is 8.14. The molecule has 0 saturated heterocycles. The molecule has 1 rings (SSSR count). The highest BCUT2D eigenvalue weighted by atomic mass is 79.9. The molecule has 0 amide bonds. The number of rotatable bonds is 6. The molecule has 0 aliphatic heterocycles. The van der Waals surface area contributed by atoms with Crippen molar-refractivity contribution in [2.45, 2.75) is 13.0 Å². The molecule has 0 aliphatic rings. The van der Waals surface area contributed by atoms with Gasteiger partial charge in [0.05, 0.1) is 12.2 Å². The normalized spacial score (nSPS) is 11.6. The van der Waals surface area contributed by atoms with E-state index in [-0.39, 0.29) is 13.0 Å². The highest BCUT2D eigenvalue weighted by Gasteiger charge is 2.12. The number of halogens is 1. The van der Waals surface area contributed by atoms with Crippen LogP contribution >= 0.6 is 27.3 Å². The van der Waals surface area contributed by atoms with Gasteiger partial charge in [0, 0.05) is 21.3 Å². The molecule has 90 valence electrons. The Bertz CT molecular complexity index is 468. The number of carboxylic acids is 1. The van der Waals surface area contributed by atoms with Gasteiger partial charge in [-0.1, -0.05) is 0 Å². The van der Waals surface area contributed by atoms with Crippen molar-refractivity contribution in [1.82, 2.24) is 4.72 Å². The summed E-state index contributed by atoms with van der Waals surface area (Å²) in [5, 5.41) is 10.2. The summed E-state index contributed by atoms with van der Waals surface area (Å²) >= 11 is 4.68. The zero-order chi connectivity index (χ0) is 12.2. The number of thiophene rings is 1. The number of sulfonamides is 1.